The Morgan fingerprint density at radius 2 is 1.06 bits per heavy atom. The van der Waals surface area contributed by atoms with Crippen LogP contribution in [0.15, 0.2) is 91.0 Å². The van der Waals surface area contributed by atoms with Gasteiger partial charge < -0.3 is 30.3 Å². The van der Waals surface area contributed by atoms with Crippen molar-refractivity contribution >= 4 is 0 Å². The summed E-state index contributed by atoms with van der Waals surface area (Å²) in [6.45, 7) is -0.651. The summed E-state index contributed by atoms with van der Waals surface area (Å²) < 4.78 is 5.89. The van der Waals surface area contributed by atoms with Gasteiger partial charge >= 0.3 is 0 Å². The Bertz CT molecular complexity index is 882. The molecule has 4 rings (SSSR count). The van der Waals surface area contributed by atoms with E-state index >= 15 is 0 Å². The summed E-state index contributed by atoms with van der Waals surface area (Å²) in [7, 11) is 0. The number of benzene rings is 3. The fourth-order valence-corrected chi connectivity index (χ4v) is 4.65. The Morgan fingerprint density at radius 3 is 1.42 bits per heavy atom. The van der Waals surface area contributed by atoms with Gasteiger partial charge in [0.05, 0.1) is 6.61 Å². The van der Waals surface area contributed by atoms with Crippen molar-refractivity contribution < 1.29 is 30.3 Å². The Balaban J connectivity index is 2.10. The molecule has 0 aromatic heterocycles. The minimum Gasteiger partial charge on any atom is -0.394 e. The largest absolute Gasteiger partial charge is 0.394 e. The van der Waals surface area contributed by atoms with Crippen molar-refractivity contribution in [3.63, 3.8) is 0 Å². The normalized spacial score (nSPS) is 28.9. The molecular formula is C25H26O6. The van der Waals surface area contributed by atoms with Gasteiger partial charge in [-0.05, 0) is 16.7 Å². The van der Waals surface area contributed by atoms with Gasteiger partial charge in [-0.15, -0.1) is 0 Å². The van der Waals surface area contributed by atoms with Crippen LogP contribution in [0.4, 0.5) is 0 Å². The maximum atomic E-state index is 12.1. The van der Waals surface area contributed by atoms with Crippen molar-refractivity contribution in [3.8, 4) is 0 Å². The maximum Gasteiger partial charge on any atom is 0.213 e. The minimum atomic E-state index is -2.43. The molecule has 3 aromatic rings. The van der Waals surface area contributed by atoms with Crippen LogP contribution in [0.25, 0.3) is 0 Å². The van der Waals surface area contributed by atoms with Gasteiger partial charge in [-0.25, -0.2) is 0 Å². The van der Waals surface area contributed by atoms with E-state index in [9.17, 15) is 25.5 Å². The molecule has 1 saturated heterocycles. The molecule has 162 valence electrons. The van der Waals surface area contributed by atoms with E-state index in [2.05, 4.69) is 0 Å². The van der Waals surface area contributed by atoms with Crippen molar-refractivity contribution in [2.75, 3.05) is 6.61 Å². The third-order valence-electron chi connectivity index (χ3n) is 6.12. The first kappa shape index (κ1) is 21.6. The molecule has 1 fully saturated rings. The summed E-state index contributed by atoms with van der Waals surface area (Å²) in [5.74, 6) is -2.43. The third-order valence-corrected chi connectivity index (χ3v) is 6.12. The fourth-order valence-electron chi connectivity index (χ4n) is 4.65. The van der Waals surface area contributed by atoms with Crippen LogP contribution in [0, 0.1) is 0 Å². The average Bonchev–Trinajstić information content (AvgIpc) is 2.83. The number of aliphatic hydroxyl groups is 5. The van der Waals surface area contributed by atoms with Gasteiger partial charge in [0.15, 0.2) is 0 Å². The zero-order chi connectivity index (χ0) is 22.1. The average molecular weight is 422 g/mol. The van der Waals surface area contributed by atoms with Crippen LogP contribution in [0.2, 0.25) is 0 Å². The van der Waals surface area contributed by atoms with Gasteiger partial charge in [-0.3, -0.25) is 0 Å². The zero-order valence-corrected chi connectivity index (χ0v) is 16.8. The van der Waals surface area contributed by atoms with E-state index in [0.717, 1.165) is 0 Å². The lowest BCUT2D eigenvalue weighted by Crippen LogP contribution is -2.72. The molecule has 5 N–H and O–H groups in total. The van der Waals surface area contributed by atoms with Gasteiger partial charge in [-0.2, -0.15) is 0 Å². The minimum absolute atomic E-state index is 0.606. The molecule has 6 nitrogen and oxygen atoms in total. The molecule has 31 heavy (non-hydrogen) atoms. The van der Waals surface area contributed by atoms with Crippen LogP contribution in [0.1, 0.15) is 16.7 Å². The highest BCUT2D eigenvalue weighted by Gasteiger charge is 2.65. The number of rotatable bonds is 5. The topological polar surface area (TPSA) is 110 Å². The van der Waals surface area contributed by atoms with Crippen LogP contribution in [0.5, 0.6) is 0 Å². The molecule has 0 unspecified atom stereocenters. The van der Waals surface area contributed by atoms with Crippen LogP contribution in [0.3, 0.4) is 0 Å². The summed E-state index contributed by atoms with van der Waals surface area (Å²) in [4.78, 5) is 0. The van der Waals surface area contributed by atoms with Crippen molar-refractivity contribution in [1.82, 2.24) is 0 Å². The molecule has 0 aliphatic carbocycles. The Kier molecular flexibility index (Phi) is 5.94. The summed E-state index contributed by atoms with van der Waals surface area (Å²) in [6.07, 6.45) is -6.50. The number of hydrogen-bond acceptors (Lipinski definition) is 6. The maximum absolute atomic E-state index is 12.1. The monoisotopic (exact) mass is 422 g/mol. The number of aliphatic hydroxyl groups excluding tert-OH is 4. The molecule has 1 heterocycles. The van der Waals surface area contributed by atoms with Gasteiger partial charge in [0.2, 0.25) is 5.79 Å². The van der Waals surface area contributed by atoms with E-state index in [1.807, 2.05) is 54.6 Å². The summed E-state index contributed by atoms with van der Waals surface area (Å²) in [6, 6.07) is 27.2. The molecule has 6 heteroatoms. The molecule has 0 spiro atoms. The van der Waals surface area contributed by atoms with E-state index in [0.29, 0.717) is 16.7 Å². The lowest BCUT2D eigenvalue weighted by Gasteiger charge is -2.55. The first-order chi connectivity index (χ1) is 15.0. The second kappa shape index (κ2) is 8.51. The van der Waals surface area contributed by atoms with Gasteiger partial charge in [0.1, 0.15) is 29.8 Å². The molecule has 0 radical (unpaired) electrons. The smallest absolute Gasteiger partial charge is 0.213 e. The van der Waals surface area contributed by atoms with E-state index in [4.69, 9.17) is 4.74 Å². The van der Waals surface area contributed by atoms with Crippen LogP contribution >= 0.6 is 0 Å². The standard InChI is InChI=1S/C25H26O6/c26-16-20-21(27)22(28)23(29)25(30,31-20)24(17-10-4-1-5-11-17,18-12-6-2-7-13-18)19-14-8-3-9-15-19/h1-15,20-23,26-30H,16H2/t20-,21-,22+,23-,25-/m1/s1. The summed E-state index contributed by atoms with van der Waals surface area (Å²) in [5, 5.41) is 54.0. The van der Waals surface area contributed by atoms with Gasteiger partial charge in [0.25, 0.3) is 0 Å². The van der Waals surface area contributed by atoms with E-state index < -0.39 is 42.2 Å². The highest BCUT2D eigenvalue weighted by atomic mass is 16.7. The van der Waals surface area contributed by atoms with Crippen molar-refractivity contribution in [2.24, 2.45) is 0 Å². The first-order valence-corrected chi connectivity index (χ1v) is 10.2. The van der Waals surface area contributed by atoms with Crippen LogP contribution < -0.4 is 0 Å². The van der Waals surface area contributed by atoms with E-state index in [-0.39, 0.29) is 0 Å². The molecule has 3 aromatic carbocycles. The SMILES string of the molecule is OC[C@H]1O[C@@](O)(C(c2ccccc2)(c2ccccc2)c2ccccc2)[C@H](O)[C@@H](O)[C@@H]1O. The molecular weight excluding hydrogens is 396 g/mol. The Morgan fingerprint density at radius 1 is 0.677 bits per heavy atom. The third kappa shape index (κ3) is 3.29. The molecule has 0 amide bonds. The van der Waals surface area contributed by atoms with Crippen molar-refractivity contribution in [1.29, 1.82) is 0 Å². The van der Waals surface area contributed by atoms with E-state index in [1.165, 1.54) is 0 Å². The molecule has 0 bridgehead atoms. The zero-order valence-electron chi connectivity index (χ0n) is 16.8. The molecule has 1 aliphatic rings. The van der Waals surface area contributed by atoms with E-state index in [1.54, 1.807) is 36.4 Å². The van der Waals surface area contributed by atoms with Gasteiger partial charge in [0, 0.05) is 0 Å². The Hall–Kier alpha value is -2.58. The van der Waals surface area contributed by atoms with Crippen LogP contribution in [-0.4, -0.2) is 62.3 Å². The Labute approximate surface area is 180 Å². The fraction of sp³-hybridized carbons (Fsp3) is 0.280. The lowest BCUT2D eigenvalue weighted by molar-refractivity contribution is -0.365. The van der Waals surface area contributed by atoms with Gasteiger partial charge in [-0.1, -0.05) is 91.0 Å². The number of ether oxygens (including phenoxy) is 1. The first-order valence-electron chi connectivity index (χ1n) is 10.2. The summed E-state index contributed by atoms with van der Waals surface area (Å²) in [5.41, 5.74) is 0.322. The van der Waals surface area contributed by atoms with Crippen molar-refractivity contribution in [2.45, 2.75) is 35.6 Å². The number of hydrogen-bond donors (Lipinski definition) is 5. The second-order valence-corrected chi connectivity index (χ2v) is 7.81. The lowest BCUT2D eigenvalue weighted by atomic mass is 9.61. The molecule has 0 saturated carbocycles. The predicted octanol–water partition coefficient (Wildman–Crippen LogP) is 1.18. The second-order valence-electron chi connectivity index (χ2n) is 7.81. The molecule has 1 aliphatic heterocycles. The predicted molar refractivity (Wildman–Crippen MR) is 114 cm³/mol. The highest BCUT2D eigenvalue weighted by Crippen LogP contribution is 2.52. The quantitative estimate of drug-likeness (QED) is 0.395. The molecule has 5 atom stereocenters. The highest BCUT2D eigenvalue weighted by molar-refractivity contribution is 5.54. The summed E-state index contributed by atoms with van der Waals surface area (Å²) >= 11 is 0. The van der Waals surface area contributed by atoms with Crippen LogP contribution in [-0.2, 0) is 10.2 Å². The van der Waals surface area contributed by atoms with Crippen molar-refractivity contribution in [3.05, 3.63) is 108 Å².